The van der Waals surface area contributed by atoms with Crippen LogP contribution in [0.3, 0.4) is 0 Å². The lowest BCUT2D eigenvalue weighted by atomic mass is 10.2. The van der Waals surface area contributed by atoms with E-state index in [9.17, 15) is 4.79 Å². The highest BCUT2D eigenvalue weighted by Gasteiger charge is 2.25. The molecular weight excluding hydrogens is 320 g/mol. The van der Waals surface area contributed by atoms with Crippen molar-refractivity contribution in [1.82, 2.24) is 5.01 Å². The zero-order valence-electron chi connectivity index (χ0n) is 12.7. The quantitative estimate of drug-likeness (QED) is 0.589. The fourth-order valence-corrected chi connectivity index (χ4v) is 2.71. The van der Waals surface area contributed by atoms with Crippen molar-refractivity contribution in [2.75, 3.05) is 12.9 Å². The molecule has 5 nitrogen and oxygen atoms in total. The van der Waals surface area contributed by atoms with Gasteiger partial charge in [0.05, 0.1) is 25.2 Å². The van der Waals surface area contributed by atoms with Crippen LogP contribution in [0.2, 0.25) is 0 Å². The van der Waals surface area contributed by atoms with E-state index in [0.29, 0.717) is 21.6 Å². The second kappa shape index (κ2) is 7.60. The van der Waals surface area contributed by atoms with E-state index in [0.717, 1.165) is 12.0 Å². The summed E-state index contributed by atoms with van der Waals surface area (Å²) in [5.74, 6) is 1.57. The predicted molar refractivity (Wildman–Crippen MR) is 92.9 cm³/mol. The molecule has 0 saturated carbocycles. The summed E-state index contributed by atoms with van der Waals surface area (Å²) in [5.41, 5.74) is 0.806. The van der Waals surface area contributed by atoms with Crippen molar-refractivity contribution >= 4 is 40.4 Å². The first-order chi connectivity index (χ1) is 10.5. The van der Waals surface area contributed by atoms with Gasteiger partial charge in [0.1, 0.15) is 0 Å². The Hall–Kier alpha value is -1.60. The zero-order valence-corrected chi connectivity index (χ0v) is 14.4. The number of methoxy groups -OCH3 is 1. The first kappa shape index (κ1) is 16.8. The average molecular weight is 338 g/mol. The van der Waals surface area contributed by atoms with E-state index in [2.05, 4.69) is 12.0 Å². The van der Waals surface area contributed by atoms with Crippen molar-refractivity contribution < 1.29 is 14.3 Å². The van der Waals surface area contributed by atoms with Gasteiger partial charge in [0.25, 0.3) is 5.91 Å². The summed E-state index contributed by atoms with van der Waals surface area (Å²) in [5, 5.41) is 5.38. The Bertz CT molecular complexity index is 588. The maximum absolute atomic E-state index is 11.6. The number of carbonyl (C=O) groups excluding carboxylic acids is 1. The van der Waals surface area contributed by atoms with Crippen LogP contribution in [0.15, 0.2) is 23.3 Å². The highest BCUT2D eigenvalue weighted by atomic mass is 32.2. The molecule has 0 aliphatic carbocycles. The normalized spacial score (nSPS) is 16.4. The molecule has 1 aromatic carbocycles. The number of rotatable bonds is 6. The molecule has 22 heavy (non-hydrogen) atoms. The molecule has 0 unspecified atom stereocenters. The lowest BCUT2D eigenvalue weighted by Gasteiger charge is -2.15. The van der Waals surface area contributed by atoms with Crippen LogP contribution < -0.4 is 9.47 Å². The van der Waals surface area contributed by atoms with Gasteiger partial charge in [-0.15, -0.1) is 0 Å². The summed E-state index contributed by atoms with van der Waals surface area (Å²) in [6, 6.07) is 5.52. The second-order valence-corrected chi connectivity index (χ2v) is 6.36. The third kappa shape index (κ3) is 3.98. The summed E-state index contributed by atoms with van der Waals surface area (Å²) < 4.78 is 11.6. The Morgan fingerprint density at radius 3 is 2.86 bits per heavy atom. The highest BCUT2D eigenvalue weighted by molar-refractivity contribution is 8.23. The minimum atomic E-state index is -0.102. The van der Waals surface area contributed by atoms with Crippen LogP contribution in [0, 0.1) is 0 Å². The fourth-order valence-electron chi connectivity index (χ4n) is 1.75. The van der Waals surface area contributed by atoms with E-state index < -0.39 is 0 Å². The molecular formula is C15H18N2O3S2. The summed E-state index contributed by atoms with van der Waals surface area (Å²) in [7, 11) is 1.59. The van der Waals surface area contributed by atoms with Crippen molar-refractivity contribution in [2.24, 2.45) is 5.10 Å². The molecule has 1 fully saturated rings. The Balaban J connectivity index is 2.15. The molecule has 0 N–H and O–H groups in total. The van der Waals surface area contributed by atoms with E-state index in [1.54, 1.807) is 13.3 Å². The third-order valence-electron chi connectivity index (χ3n) is 3.14. The maximum atomic E-state index is 11.6. The fraction of sp³-hybridized carbons (Fsp3) is 0.400. The largest absolute Gasteiger partial charge is 0.493 e. The minimum Gasteiger partial charge on any atom is -0.493 e. The lowest BCUT2D eigenvalue weighted by molar-refractivity contribution is -0.123. The van der Waals surface area contributed by atoms with Gasteiger partial charge in [0.15, 0.2) is 15.8 Å². The second-order valence-electron chi connectivity index (χ2n) is 4.75. The molecule has 1 saturated heterocycles. The molecule has 2 rings (SSSR count). The van der Waals surface area contributed by atoms with Crippen LogP contribution in [0.5, 0.6) is 11.5 Å². The Kier molecular flexibility index (Phi) is 5.79. The van der Waals surface area contributed by atoms with Crippen LogP contribution in [0.1, 0.15) is 25.8 Å². The van der Waals surface area contributed by atoms with E-state index in [1.165, 1.54) is 16.8 Å². The molecule has 0 spiro atoms. The zero-order chi connectivity index (χ0) is 16.1. The maximum Gasteiger partial charge on any atom is 0.259 e. The van der Waals surface area contributed by atoms with Gasteiger partial charge in [-0.25, -0.2) is 0 Å². The predicted octanol–water partition coefficient (Wildman–Crippen LogP) is 3.07. The van der Waals surface area contributed by atoms with Gasteiger partial charge in [0.2, 0.25) is 0 Å². The van der Waals surface area contributed by atoms with Crippen LogP contribution >= 0.6 is 24.0 Å². The minimum absolute atomic E-state index is 0.102. The van der Waals surface area contributed by atoms with E-state index in [4.69, 9.17) is 21.7 Å². The molecule has 118 valence electrons. The number of ether oxygens (including phenoxy) is 2. The number of nitrogens with zero attached hydrogens (tertiary/aromatic N) is 2. The smallest absolute Gasteiger partial charge is 0.259 e. The number of thioether (sulfide) groups is 1. The van der Waals surface area contributed by atoms with Crippen LogP contribution in [-0.2, 0) is 4.79 Å². The lowest BCUT2D eigenvalue weighted by Crippen LogP contribution is -2.22. The number of amides is 1. The average Bonchev–Trinajstić information content (AvgIpc) is 2.84. The summed E-state index contributed by atoms with van der Waals surface area (Å²) in [4.78, 5) is 11.6. The van der Waals surface area contributed by atoms with E-state index in [1.807, 2.05) is 25.1 Å². The summed E-state index contributed by atoms with van der Waals surface area (Å²) in [6.45, 7) is 4.07. The molecule has 1 aliphatic rings. The summed E-state index contributed by atoms with van der Waals surface area (Å²) >= 11 is 6.39. The van der Waals surface area contributed by atoms with Crippen molar-refractivity contribution in [2.45, 2.75) is 26.4 Å². The topological polar surface area (TPSA) is 51.1 Å². The molecule has 1 amide bonds. The monoisotopic (exact) mass is 338 g/mol. The number of hydrogen-bond acceptors (Lipinski definition) is 6. The number of thiocarbonyl (C=S) groups is 1. The first-order valence-corrected chi connectivity index (χ1v) is 8.33. The molecule has 7 heteroatoms. The number of carbonyl (C=O) groups is 1. The Morgan fingerprint density at radius 1 is 1.50 bits per heavy atom. The van der Waals surface area contributed by atoms with Gasteiger partial charge in [0, 0.05) is 0 Å². The molecule has 1 aliphatic heterocycles. The van der Waals surface area contributed by atoms with E-state index >= 15 is 0 Å². The van der Waals surface area contributed by atoms with Gasteiger partial charge >= 0.3 is 0 Å². The van der Waals surface area contributed by atoms with Crippen LogP contribution in [0.4, 0.5) is 0 Å². The van der Waals surface area contributed by atoms with Gasteiger partial charge in [-0.1, -0.05) is 30.9 Å². The number of benzene rings is 1. The number of hydrogen-bond donors (Lipinski definition) is 0. The Morgan fingerprint density at radius 2 is 2.27 bits per heavy atom. The van der Waals surface area contributed by atoms with Gasteiger partial charge in [-0.05, 0) is 37.1 Å². The third-order valence-corrected chi connectivity index (χ3v) is 4.48. The van der Waals surface area contributed by atoms with Gasteiger partial charge < -0.3 is 9.47 Å². The highest BCUT2D eigenvalue weighted by Crippen LogP contribution is 2.29. The van der Waals surface area contributed by atoms with Gasteiger partial charge in [-0.3, -0.25) is 4.79 Å². The molecule has 1 heterocycles. The van der Waals surface area contributed by atoms with Crippen molar-refractivity contribution in [3.05, 3.63) is 23.8 Å². The molecule has 1 aromatic rings. The van der Waals surface area contributed by atoms with E-state index in [-0.39, 0.29) is 12.0 Å². The van der Waals surface area contributed by atoms with Crippen molar-refractivity contribution in [1.29, 1.82) is 0 Å². The van der Waals surface area contributed by atoms with Crippen LogP contribution in [-0.4, -0.2) is 40.4 Å². The van der Waals surface area contributed by atoms with Crippen LogP contribution in [0.25, 0.3) is 0 Å². The SMILES string of the molecule is CC[C@H](C)Oc1ccc(/C=N\N2C(=O)CSC2=S)cc1OC. The Labute approximate surface area is 139 Å². The molecule has 0 aromatic heterocycles. The molecule has 0 bridgehead atoms. The number of hydrazone groups is 1. The van der Waals surface area contributed by atoms with Gasteiger partial charge in [-0.2, -0.15) is 10.1 Å². The standard InChI is InChI=1S/C15H18N2O3S2/c1-4-10(2)20-12-6-5-11(7-13(12)19-3)8-16-17-14(18)9-22-15(17)21/h5-8,10H,4,9H2,1-3H3/b16-8-/t10-/m0/s1. The van der Waals surface area contributed by atoms with Crippen molar-refractivity contribution in [3.8, 4) is 11.5 Å². The van der Waals surface area contributed by atoms with Crippen molar-refractivity contribution in [3.63, 3.8) is 0 Å². The summed E-state index contributed by atoms with van der Waals surface area (Å²) in [6.07, 6.45) is 2.62. The molecule has 1 atom stereocenters. The molecule has 0 radical (unpaired) electrons. The first-order valence-electron chi connectivity index (χ1n) is 6.93.